The molecule has 1 aliphatic heterocycles. The number of hydrogen-bond acceptors (Lipinski definition) is 3. The SMILES string of the molecule is CN1CCCCCCN(C(=O)Cc2cccnc2)C2CCCC2C1=O. The van der Waals surface area contributed by atoms with E-state index < -0.39 is 0 Å². The zero-order valence-electron chi connectivity index (χ0n) is 15.2. The van der Waals surface area contributed by atoms with Gasteiger partial charge in [0.05, 0.1) is 12.3 Å². The van der Waals surface area contributed by atoms with E-state index in [4.69, 9.17) is 0 Å². The fraction of sp³-hybridized carbons (Fsp3) is 0.650. The standard InChI is InChI=1S/C20H29N3O2/c1-22-12-4-2-3-5-13-23(18-10-6-9-17(18)20(22)25)19(24)14-16-8-7-11-21-15-16/h7-8,11,15,17-18H,2-6,9-10,12-14H2,1H3. The molecule has 2 amide bonds. The summed E-state index contributed by atoms with van der Waals surface area (Å²) >= 11 is 0. The van der Waals surface area contributed by atoms with Gasteiger partial charge in [0, 0.05) is 38.6 Å². The molecule has 5 nitrogen and oxygen atoms in total. The molecule has 5 heteroatoms. The van der Waals surface area contributed by atoms with Crippen LogP contribution >= 0.6 is 0 Å². The summed E-state index contributed by atoms with van der Waals surface area (Å²) in [6.07, 6.45) is 11.1. The Labute approximate surface area is 150 Å². The van der Waals surface area contributed by atoms with E-state index in [0.717, 1.165) is 63.6 Å². The molecule has 1 aliphatic carbocycles. The van der Waals surface area contributed by atoms with Crippen molar-refractivity contribution in [2.75, 3.05) is 20.1 Å². The van der Waals surface area contributed by atoms with Crippen molar-refractivity contribution < 1.29 is 9.59 Å². The number of amides is 2. The average molecular weight is 343 g/mol. The molecule has 2 atom stereocenters. The highest BCUT2D eigenvalue weighted by Crippen LogP contribution is 2.32. The van der Waals surface area contributed by atoms with Gasteiger partial charge >= 0.3 is 0 Å². The Hall–Kier alpha value is -1.91. The van der Waals surface area contributed by atoms with Gasteiger partial charge in [-0.1, -0.05) is 25.3 Å². The molecule has 0 radical (unpaired) electrons. The lowest BCUT2D eigenvalue weighted by Crippen LogP contribution is -2.48. The summed E-state index contributed by atoms with van der Waals surface area (Å²) in [7, 11) is 1.91. The molecule has 1 saturated carbocycles. The van der Waals surface area contributed by atoms with Crippen molar-refractivity contribution in [3.8, 4) is 0 Å². The Kier molecular flexibility index (Phi) is 6.05. The Bertz CT molecular complexity index is 590. The van der Waals surface area contributed by atoms with Crippen LogP contribution in [-0.2, 0) is 16.0 Å². The van der Waals surface area contributed by atoms with Crippen LogP contribution in [0.4, 0.5) is 0 Å². The van der Waals surface area contributed by atoms with Crippen LogP contribution in [0.25, 0.3) is 0 Å². The van der Waals surface area contributed by atoms with Gasteiger partial charge in [0.15, 0.2) is 0 Å². The lowest BCUT2D eigenvalue weighted by atomic mass is 9.99. The lowest BCUT2D eigenvalue weighted by molar-refractivity contribution is -0.140. The Morgan fingerprint density at radius 2 is 1.96 bits per heavy atom. The van der Waals surface area contributed by atoms with Gasteiger partial charge in [0.25, 0.3) is 0 Å². The first-order chi connectivity index (χ1) is 12.2. The van der Waals surface area contributed by atoms with E-state index in [0.29, 0.717) is 6.42 Å². The van der Waals surface area contributed by atoms with Gasteiger partial charge in [-0.3, -0.25) is 14.6 Å². The van der Waals surface area contributed by atoms with Gasteiger partial charge in [-0.2, -0.15) is 0 Å². The molecule has 0 N–H and O–H groups in total. The number of carbonyl (C=O) groups excluding carboxylic acids is 2. The average Bonchev–Trinajstić information content (AvgIpc) is 3.09. The molecule has 3 rings (SSSR count). The highest BCUT2D eigenvalue weighted by atomic mass is 16.2. The highest BCUT2D eigenvalue weighted by Gasteiger charge is 2.39. The summed E-state index contributed by atoms with van der Waals surface area (Å²) in [5.41, 5.74) is 0.944. The second-order valence-corrected chi connectivity index (χ2v) is 7.40. The first-order valence-electron chi connectivity index (χ1n) is 9.60. The summed E-state index contributed by atoms with van der Waals surface area (Å²) in [6.45, 7) is 1.61. The molecule has 2 aliphatic rings. The Morgan fingerprint density at radius 3 is 2.72 bits per heavy atom. The van der Waals surface area contributed by atoms with Crippen molar-refractivity contribution >= 4 is 11.8 Å². The molecule has 2 fully saturated rings. The van der Waals surface area contributed by atoms with Gasteiger partial charge in [-0.25, -0.2) is 0 Å². The lowest BCUT2D eigenvalue weighted by Gasteiger charge is -2.34. The zero-order valence-corrected chi connectivity index (χ0v) is 15.2. The number of aromatic nitrogens is 1. The van der Waals surface area contributed by atoms with E-state index >= 15 is 0 Å². The second kappa shape index (κ2) is 8.45. The van der Waals surface area contributed by atoms with Gasteiger partial charge in [-0.05, 0) is 37.3 Å². The van der Waals surface area contributed by atoms with Crippen LogP contribution in [0.5, 0.6) is 0 Å². The molecular formula is C20H29N3O2. The third-order valence-corrected chi connectivity index (χ3v) is 5.61. The van der Waals surface area contributed by atoms with Crippen LogP contribution in [0.3, 0.4) is 0 Å². The first-order valence-corrected chi connectivity index (χ1v) is 9.60. The topological polar surface area (TPSA) is 53.5 Å². The van der Waals surface area contributed by atoms with Crippen molar-refractivity contribution in [1.82, 2.24) is 14.8 Å². The van der Waals surface area contributed by atoms with E-state index in [9.17, 15) is 9.59 Å². The number of pyridine rings is 1. The minimum Gasteiger partial charge on any atom is -0.345 e. The van der Waals surface area contributed by atoms with E-state index in [1.165, 1.54) is 0 Å². The van der Waals surface area contributed by atoms with Crippen molar-refractivity contribution in [3.05, 3.63) is 30.1 Å². The van der Waals surface area contributed by atoms with E-state index in [1.807, 2.05) is 29.0 Å². The number of rotatable bonds is 2. The largest absolute Gasteiger partial charge is 0.345 e. The van der Waals surface area contributed by atoms with Gasteiger partial charge in [-0.15, -0.1) is 0 Å². The zero-order chi connectivity index (χ0) is 17.6. The summed E-state index contributed by atoms with van der Waals surface area (Å²) in [5, 5.41) is 0. The number of hydrogen-bond donors (Lipinski definition) is 0. The van der Waals surface area contributed by atoms with Crippen LogP contribution < -0.4 is 0 Å². The van der Waals surface area contributed by atoms with Crippen LogP contribution in [0.15, 0.2) is 24.5 Å². The maximum absolute atomic E-state index is 13.0. The Balaban J connectivity index is 1.78. The minimum atomic E-state index is -0.0269. The van der Waals surface area contributed by atoms with Crippen molar-refractivity contribution in [2.45, 2.75) is 57.4 Å². The molecule has 0 bridgehead atoms. The van der Waals surface area contributed by atoms with Gasteiger partial charge < -0.3 is 9.80 Å². The van der Waals surface area contributed by atoms with E-state index in [1.54, 1.807) is 12.4 Å². The summed E-state index contributed by atoms with van der Waals surface area (Å²) in [5.74, 6) is 0.337. The molecule has 0 aromatic carbocycles. The molecule has 2 unspecified atom stereocenters. The van der Waals surface area contributed by atoms with Crippen LogP contribution in [0.2, 0.25) is 0 Å². The first kappa shape index (κ1) is 17.9. The van der Waals surface area contributed by atoms with Crippen molar-refractivity contribution in [1.29, 1.82) is 0 Å². The monoisotopic (exact) mass is 343 g/mol. The summed E-state index contributed by atoms with van der Waals surface area (Å²) < 4.78 is 0. The second-order valence-electron chi connectivity index (χ2n) is 7.40. The van der Waals surface area contributed by atoms with Crippen LogP contribution in [-0.4, -0.2) is 52.8 Å². The molecular weight excluding hydrogens is 314 g/mol. The molecule has 1 aromatic rings. The van der Waals surface area contributed by atoms with Crippen molar-refractivity contribution in [3.63, 3.8) is 0 Å². The number of carbonyl (C=O) groups is 2. The molecule has 25 heavy (non-hydrogen) atoms. The van der Waals surface area contributed by atoms with E-state index in [-0.39, 0.29) is 23.8 Å². The number of nitrogens with zero attached hydrogens (tertiary/aromatic N) is 3. The molecule has 0 spiro atoms. The molecule has 1 aromatic heterocycles. The predicted molar refractivity (Wildman–Crippen MR) is 96.9 cm³/mol. The predicted octanol–water partition coefficient (Wildman–Crippen LogP) is 2.65. The van der Waals surface area contributed by atoms with Crippen molar-refractivity contribution in [2.24, 2.45) is 5.92 Å². The van der Waals surface area contributed by atoms with Gasteiger partial charge in [0.1, 0.15) is 0 Å². The summed E-state index contributed by atoms with van der Waals surface area (Å²) in [6, 6.07) is 3.88. The van der Waals surface area contributed by atoms with E-state index in [2.05, 4.69) is 4.98 Å². The fourth-order valence-electron chi connectivity index (χ4n) is 4.23. The van der Waals surface area contributed by atoms with Crippen LogP contribution in [0, 0.1) is 5.92 Å². The smallest absolute Gasteiger partial charge is 0.227 e. The third-order valence-electron chi connectivity index (χ3n) is 5.61. The normalized spacial score (nSPS) is 25.4. The van der Waals surface area contributed by atoms with Gasteiger partial charge in [0.2, 0.25) is 11.8 Å². The highest BCUT2D eigenvalue weighted by molar-refractivity contribution is 5.83. The molecule has 2 heterocycles. The minimum absolute atomic E-state index is 0.0269. The maximum atomic E-state index is 13.0. The third kappa shape index (κ3) is 4.39. The maximum Gasteiger partial charge on any atom is 0.227 e. The number of fused-ring (bicyclic) bond motifs is 1. The summed E-state index contributed by atoms with van der Waals surface area (Å²) in [4.78, 5) is 33.9. The fourth-order valence-corrected chi connectivity index (χ4v) is 4.23. The Morgan fingerprint density at radius 1 is 1.16 bits per heavy atom. The molecule has 136 valence electrons. The molecule has 1 saturated heterocycles. The quantitative estimate of drug-likeness (QED) is 0.829. The van der Waals surface area contributed by atoms with Crippen LogP contribution in [0.1, 0.15) is 50.5 Å².